The average Bonchev–Trinajstić information content (AvgIpc) is 2.03. The highest BCUT2D eigenvalue weighted by Crippen LogP contribution is 2.09. The number of nitrogens with one attached hydrogen (secondary N) is 1. The highest BCUT2D eigenvalue weighted by atomic mass is 15.2. The van der Waals surface area contributed by atoms with Crippen LogP contribution < -0.4 is 5.32 Å². The van der Waals surface area contributed by atoms with Gasteiger partial charge in [0.15, 0.2) is 0 Å². The van der Waals surface area contributed by atoms with Gasteiger partial charge in [-0.15, -0.1) is 0 Å². The summed E-state index contributed by atoms with van der Waals surface area (Å²) in [5.74, 6) is 0. The lowest BCUT2D eigenvalue weighted by Gasteiger charge is -2.39. The van der Waals surface area contributed by atoms with E-state index in [1.165, 1.54) is 0 Å². The SMILES string of the molecule is CC1CN(C(C)C)CC(CC#N)N1. The summed E-state index contributed by atoms with van der Waals surface area (Å²) in [5.41, 5.74) is 0. The van der Waals surface area contributed by atoms with Crippen LogP contribution >= 0.6 is 0 Å². The summed E-state index contributed by atoms with van der Waals surface area (Å²) in [5, 5.41) is 12.1. The number of piperazine rings is 1. The molecule has 1 N–H and O–H groups in total. The van der Waals surface area contributed by atoms with Crippen LogP contribution in [0.15, 0.2) is 0 Å². The topological polar surface area (TPSA) is 39.1 Å². The first-order valence-corrected chi connectivity index (χ1v) is 5.00. The fraction of sp³-hybridized carbons (Fsp3) is 0.900. The molecule has 74 valence electrons. The summed E-state index contributed by atoms with van der Waals surface area (Å²) in [7, 11) is 0. The Morgan fingerprint density at radius 2 is 2.23 bits per heavy atom. The first-order chi connectivity index (χ1) is 6.13. The first kappa shape index (κ1) is 10.5. The molecule has 1 fully saturated rings. The fourth-order valence-electron chi connectivity index (χ4n) is 1.87. The third-order valence-electron chi connectivity index (χ3n) is 2.55. The van der Waals surface area contributed by atoms with Gasteiger partial charge in [0.1, 0.15) is 0 Å². The molecule has 3 heteroatoms. The van der Waals surface area contributed by atoms with Crippen molar-refractivity contribution in [2.24, 2.45) is 0 Å². The molecular weight excluding hydrogens is 162 g/mol. The van der Waals surface area contributed by atoms with Gasteiger partial charge in [0, 0.05) is 31.2 Å². The highest BCUT2D eigenvalue weighted by Gasteiger charge is 2.24. The molecule has 0 aromatic heterocycles. The van der Waals surface area contributed by atoms with Crippen LogP contribution in [0.1, 0.15) is 27.2 Å². The molecular formula is C10H19N3. The van der Waals surface area contributed by atoms with Crippen LogP contribution in [0.4, 0.5) is 0 Å². The lowest BCUT2D eigenvalue weighted by Crippen LogP contribution is -2.56. The van der Waals surface area contributed by atoms with Crippen LogP contribution in [0.5, 0.6) is 0 Å². The second-order valence-corrected chi connectivity index (χ2v) is 4.17. The molecule has 1 rings (SSSR count). The van der Waals surface area contributed by atoms with E-state index in [-0.39, 0.29) is 0 Å². The van der Waals surface area contributed by atoms with Crippen molar-refractivity contribution in [2.75, 3.05) is 13.1 Å². The molecule has 0 amide bonds. The van der Waals surface area contributed by atoms with E-state index < -0.39 is 0 Å². The van der Waals surface area contributed by atoms with Gasteiger partial charge in [-0.1, -0.05) is 0 Å². The summed E-state index contributed by atoms with van der Waals surface area (Å²) in [6.07, 6.45) is 0.619. The molecule has 0 aromatic rings. The Morgan fingerprint density at radius 3 is 2.77 bits per heavy atom. The molecule has 13 heavy (non-hydrogen) atoms. The maximum Gasteiger partial charge on any atom is 0.0638 e. The van der Waals surface area contributed by atoms with Crippen LogP contribution in [-0.2, 0) is 0 Å². The monoisotopic (exact) mass is 181 g/mol. The molecule has 1 aliphatic rings. The fourth-order valence-corrected chi connectivity index (χ4v) is 1.87. The lowest BCUT2D eigenvalue weighted by molar-refractivity contribution is 0.135. The van der Waals surface area contributed by atoms with Gasteiger partial charge in [0.25, 0.3) is 0 Å². The third-order valence-corrected chi connectivity index (χ3v) is 2.55. The summed E-state index contributed by atoms with van der Waals surface area (Å²) < 4.78 is 0. The van der Waals surface area contributed by atoms with E-state index in [0.29, 0.717) is 24.5 Å². The van der Waals surface area contributed by atoms with Gasteiger partial charge in [-0.25, -0.2) is 0 Å². The highest BCUT2D eigenvalue weighted by molar-refractivity contribution is 4.90. The molecule has 0 aromatic carbocycles. The minimum absolute atomic E-state index is 0.358. The largest absolute Gasteiger partial charge is 0.308 e. The van der Waals surface area contributed by atoms with Crippen molar-refractivity contribution in [2.45, 2.75) is 45.3 Å². The molecule has 2 unspecified atom stereocenters. The van der Waals surface area contributed by atoms with Crippen LogP contribution in [0.25, 0.3) is 0 Å². The molecule has 1 aliphatic heterocycles. The van der Waals surface area contributed by atoms with Crippen molar-refractivity contribution in [1.82, 2.24) is 10.2 Å². The summed E-state index contributed by atoms with van der Waals surface area (Å²) in [4.78, 5) is 2.43. The van der Waals surface area contributed by atoms with Gasteiger partial charge >= 0.3 is 0 Å². The summed E-state index contributed by atoms with van der Waals surface area (Å²) in [6.45, 7) is 8.71. The van der Waals surface area contributed by atoms with E-state index >= 15 is 0 Å². The van der Waals surface area contributed by atoms with E-state index in [1.807, 2.05) is 0 Å². The quantitative estimate of drug-likeness (QED) is 0.690. The molecule has 1 saturated heterocycles. The van der Waals surface area contributed by atoms with Gasteiger partial charge < -0.3 is 5.32 Å². The van der Waals surface area contributed by atoms with Gasteiger partial charge in [0.2, 0.25) is 0 Å². The third kappa shape index (κ3) is 2.98. The summed E-state index contributed by atoms with van der Waals surface area (Å²) >= 11 is 0. The van der Waals surface area contributed by atoms with Crippen LogP contribution in [-0.4, -0.2) is 36.1 Å². The molecule has 0 spiro atoms. The van der Waals surface area contributed by atoms with E-state index in [1.54, 1.807) is 0 Å². The van der Waals surface area contributed by atoms with E-state index in [4.69, 9.17) is 5.26 Å². The number of rotatable bonds is 2. The minimum Gasteiger partial charge on any atom is -0.308 e. The normalized spacial score (nSPS) is 30.4. The Labute approximate surface area is 80.7 Å². The van der Waals surface area contributed by atoms with Crippen molar-refractivity contribution < 1.29 is 0 Å². The molecule has 2 atom stereocenters. The average molecular weight is 181 g/mol. The van der Waals surface area contributed by atoms with Crippen LogP contribution in [0.3, 0.4) is 0 Å². The minimum atomic E-state index is 0.358. The number of hydrogen-bond acceptors (Lipinski definition) is 3. The van der Waals surface area contributed by atoms with Crippen molar-refractivity contribution in [3.63, 3.8) is 0 Å². The number of hydrogen-bond donors (Lipinski definition) is 1. The maximum absolute atomic E-state index is 8.62. The lowest BCUT2D eigenvalue weighted by atomic mass is 10.1. The van der Waals surface area contributed by atoms with Gasteiger partial charge in [0.05, 0.1) is 12.5 Å². The standard InChI is InChI=1S/C10H19N3/c1-8(2)13-6-9(3)12-10(7-13)4-5-11/h8-10,12H,4,6-7H2,1-3H3. The van der Waals surface area contributed by atoms with E-state index in [0.717, 1.165) is 13.1 Å². The van der Waals surface area contributed by atoms with Crippen molar-refractivity contribution in [3.8, 4) is 6.07 Å². The molecule has 0 radical (unpaired) electrons. The predicted molar refractivity (Wildman–Crippen MR) is 53.3 cm³/mol. The molecule has 3 nitrogen and oxygen atoms in total. The maximum atomic E-state index is 8.62. The Hall–Kier alpha value is -0.590. The van der Waals surface area contributed by atoms with Crippen LogP contribution in [0.2, 0.25) is 0 Å². The van der Waals surface area contributed by atoms with E-state index in [2.05, 4.69) is 37.1 Å². The molecule has 0 bridgehead atoms. The smallest absolute Gasteiger partial charge is 0.0638 e. The molecule has 1 heterocycles. The second-order valence-electron chi connectivity index (χ2n) is 4.17. The van der Waals surface area contributed by atoms with Gasteiger partial charge in [-0.3, -0.25) is 4.90 Å². The van der Waals surface area contributed by atoms with Gasteiger partial charge in [-0.05, 0) is 20.8 Å². The van der Waals surface area contributed by atoms with Crippen molar-refractivity contribution in [3.05, 3.63) is 0 Å². The number of nitriles is 1. The zero-order chi connectivity index (χ0) is 9.84. The zero-order valence-corrected chi connectivity index (χ0v) is 8.75. The summed E-state index contributed by atoms with van der Waals surface area (Å²) in [6, 6.07) is 3.68. The van der Waals surface area contributed by atoms with E-state index in [9.17, 15) is 0 Å². The second kappa shape index (κ2) is 4.59. The Kier molecular flexibility index (Phi) is 3.71. The Bertz CT molecular complexity index is 195. The number of nitrogens with zero attached hydrogens (tertiary/aromatic N) is 2. The first-order valence-electron chi connectivity index (χ1n) is 5.00. The molecule has 0 aliphatic carbocycles. The molecule has 0 saturated carbocycles. The van der Waals surface area contributed by atoms with Crippen molar-refractivity contribution >= 4 is 0 Å². The Morgan fingerprint density at radius 1 is 1.54 bits per heavy atom. The van der Waals surface area contributed by atoms with Gasteiger partial charge in [-0.2, -0.15) is 5.26 Å². The predicted octanol–water partition coefficient (Wildman–Crippen LogP) is 0.971. The zero-order valence-electron chi connectivity index (χ0n) is 8.75. The Balaban J connectivity index is 2.48. The van der Waals surface area contributed by atoms with Crippen molar-refractivity contribution in [1.29, 1.82) is 5.26 Å². The van der Waals surface area contributed by atoms with Crippen LogP contribution in [0, 0.1) is 11.3 Å².